The summed E-state index contributed by atoms with van der Waals surface area (Å²) in [4.78, 5) is 31.5. The highest BCUT2D eigenvalue weighted by Gasteiger charge is 2.33. The number of para-hydroxylation sites is 1. The monoisotopic (exact) mass is 420 g/mol. The van der Waals surface area contributed by atoms with E-state index in [-0.39, 0.29) is 17.7 Å². The first-order valence-corrected chi connectivity index (χ1v) is 11.1. The van der Waals surface area contributed by atoms with Crippen molar-refractivity contribution < 1.29 is 19.4 Å². The average molecular weight is 421 g/mol. The zero-order valence-electron chi connectivity index (χ0n) is 18.5. The summed E-state index contributed by atoms with van der Waals surface area (Å²) in [6.45, 7) is 10.1. The molecule has 0 radical (unpaired) electrons. The minimum atomic E-state index is -0.0930. The molecule has 1 aliphatic rings. The van der Waals surface area contributed by atoms with Gasteiger partial charge in [0.05, 0.1) is 0 Å². The van der Waals surface area contributed by atoms with E-state index in [0.717, 1.165) is 53.9 Å². The predicted molar refractivity (Wildman–Crippen MR) is 123 cm³/mol. The van der Waals surface area contributed by atoms with Gasteiger partial charge >= 0.3 is 0 Å². The Labute approximate surface area is 183 Å². The molecule has 3 aromatic rings. The van der Waals surface area contributed by atoms with E-state index in [4.69, 9.17) is 0 Å². The van der Waals surface area contributed by atoms with E-state index < -0.39 is 0 Å². The maximum Gasteiger partial charge on any atom is 0.279 e. The van der Waals surface area contributed by atoms with Gasteiger partial charge in [0.15, 0.2) is 6.54 Å². The zero-order chi connectivity index (χ0) is 22.0. The van der Waals surface area contributed by atoms with Crippen molar-refractivity contribution in [2.75, 3.05) is 38.0 Å². The molecule has 0 aliphatic carbocycles. The molecular formula is C25H32N4O2+2. The maximum atomic E-state index is 13.1. The molecule has 0 saturated carbocycles. The molecule has 6 heteroatoms. The average Bonchev–Trinajstić information content (AvgIpc) is 3.20. The highest BCUT2D eigenvalue weighted by atomic mass is 16.2. The fraction of sp³-hybridized carbons (Fsp3) is 0.360. The molecule has 1 fully saturated rings. The summed E-state index contributed by atoms with van der Waals surface area (Å²) in [6, 6.07) is 13.8. The van der Waals surface area contributed by atoms with E-state index in [1.807, 2.05) is 56.4 Å². The number of piperazine rings is 1. The van der Waals surface area contributed by atoms with Crippen LogP contribution in [0.2, 0.25) is 0 Å². The second-order valence-electron chi connectivity index (χ2n) is 8.71. The van der Waals surface area contributed by atoms with E-state index >= 15 is 0 Å². The van der Waals surface area contributed by atoms with Crippen molar-refractivity contribution in [3.8, 4) is 0 Å². The summed E-state index contributed by atoms with van der Waals surface area (Å²) >= 11 is 0. The third kappa shape index (κ3) is 4.55. The molecule has 1 saturated heterocycles. The lowest BCUT2D eigenvalue weighted by Crippen LogP contribution is -3.30. The Morgan fingerprint density at radius 2 is 1.77 bits per heavy atom. The molecule has 2 heterocycles. The molecule has 6 nitrogen and oxygen atoms in total. The summed E-state index contributed by atoms with van der Waals surface area (Å²) in [5, 5.41) is 4.05. The molecule has 1 atom stereocenters. The summed E-state index contributed by atoms with van der Waals surface area (Å²) in [5.74, 6) is 0.235. The van der Waals surface area contributed by atoms with Gasteiger partial charge in [-0.05, 0) is 44.0 Å². The Bertz CT molecular complexity index is 1100. The van der Waals surface area contributed by atoms with E-state index in [1.165, 1.54) is 15.4 Å². The van der Waals surface area contributed by atoms with Crippen molar-refractivity contribution in [3.05, 3.63) is 65.4 Å². The van der Waals surface area contributed by atoms with Crippen molar-refractivity contribution in [1.29, 1.82) is 0 Å². The van der Waals surface area contributed by atoms with Gasteiger partial charge < -0.3 is 20.1 Å². The van der Waals surface area contributed by atoms with E-state index in [2.05, 4.69) is 23.3 Å². The molecule has 4 N–H and O–H groups in total. The van der Waals surface area contributed by atoms with Crippen LogP contribution in [0.3, 0.4) is 0 Å². The Morgan fingerprint density at radius 1 is 1.03 bits per heavy atom. The first-order valence-electron chi connectivity index (χ1n) is 11.1. The van der Waals surface area contributed by atoms with Gasteiger partial charge in [-0.1, -0.05) is 30.3 Å². The number of nitrogens with one attached hydrogen (secondary N) is 4. The topological polar surface area (TPSA) is 70.8 Å². The number of amides is 1. The number of carbonyl (C=O) groups is 2. The van der Waals surface area contributed by atoms with Crippen LogP contribution in [0.1, 0.15) is 28.4 Å². The van der Waals surface area contributed by atoms with Crippen LogP contribution in [-0.4, -0.2) is 55.4 Å². The predicted octanol–water partition coefficient (Wildman–Crippen LogP) is 0.778. The molecular weight excluding hydrogens is 388 g/mol. The van der Waals surface area contributed by atoms with Gasteiger partial charge in [-0.25, -0.2) is 0 Å². The van der Waals surface area contributed by atoms with Crippen LogP contribution in [0.15, 0.2) is 48.7 Å². The van der Waals surface area contributed by atoms with Gasteiger partial charge in [0, 0.05) is 28.4 Å². The molecule has 0 unspecified atom stereocenters. The van der Waals surface area contributed by atoms with Crippen molar-refractivity contribution in [2.45, 2.75) is 26.8 Å². The molecule has 2 aromatic carbocycles. The van der Waals surface area contributed by atoms with Crippen LogP contribution in [0.4, 0.5) is 5.69 Å². The molecule has 31 heavy (non-hydrogen) atoms. The quantitative estimate of drug-likeness (QED) is 0.445. The third-order valence-corrected chi connectivity index (χ3v) is 6.75. The summed E-state index contributed by atoms with van der Waals surface area (Å²) < 4.78 is 0. The van der Waals surface area contributed by atoms with Crippen LogP contribution in [-0.2, 0) is 4.79 Å². The Kier molecular flexibility index (Phi) is 6.20. The summed E-state index contributed by atoms with van der Waals surface area (Å²) in [7, 11) is 0. The molecule has 4 rings (SSSR count). The number of quaternary nitrogens is 2. The van der Waals surface area contributed by atoms with Gasteiger partial charge in [-0.3, -0.25) is 9.59 Å². The lowest BCUT2D eigenvalue weighted by Gasteiger charge is -2.32. The number of benzene rings is 2. The highest BCUT2D eigenvalue weighted by Crippen LogP contribution is 2.19. The van der Waals surface area contributed by atoms with Crippen LogP contribution in [0.5, 0.6) is 0 Å². The second-order valence-corrected chi connectivity index (χ2v) is 8.71. The standard InChI is InChI=1S/C25H30N4O2/c1-17-7-6-10-22(18(17)2)27-24(30)16-28-11-13-29(14-12-28)19(3)25(31)21-15-26-23-9-5-4-8-20(21)23/h4-10,15,19,26H,11-14,16H2,1-3H3,(H,27,30)/p+2/t19-/m0/s1. The maximum absolute atomic E-state index is 13.1. The van der Waals surface area contributed by atoms with Crippen molar-refractivity contribution in [1.82, 2.24) is 4.98 Å². The van der Waals surface area contributed by atoms with Crippen molar-refractivity contribution in [3.63, 3.8) is 0 Å². The number of H-pyrrole nitrogens is 1. The van der Waals surface area contributed by atoms with E-state index in [0.29, 0.717) is 6.54 Å². The summed E-state index contributed by atoms with van der Waals surface area (Å²) in [6.07, 6.45) is 1.84. The minimum Gasteiger partial charge on any atom is -0.360 e. The van der Waals surface area contributed by atoms with Crippen molar-refractivity contribution >= 4 is 28.3 Å². The lowest BCUT2D eigenvalue weighted by atomic mass is 10.0. The van der Waals surface area contributed by atoms with Gasteiger partial charge in [0.25, 0.3) is 5.91 Å². The number of anilines is 1. The number of Topliss-reactive ketones (excluding diaryl/α,β-unsaturated/α-hetero) is 1. The van der Waals surface area contributed by atoms with Gasteiger partial charge in [-0.15, -0.1) is 0 Å². The number of hydrogen-bond donors (Lipinski definition) is 4. The van der Waals surface area contributed by atoms with Crippen LogP contribution >= 0.6 is 0 Å². The lowest BCUT2D eigenvalue weighted by molar-refractivity contribution is -1.01. The van der Waals surface area contributed by atoms with Gasteiger partial charge in [-0.2, -0.15) is 0 Å². The first-order chi connectivity index (χ1) is 14.9. The molecule has 1 aliphatic heterocycles. The minimum absolute atomic E-state index is 0.0510. The van der Waals surface area contributed by atoms with Crippen LogP contribution < -0.4 is 15.1 Å². The second kappa shape index (κ2) is 9.04. The Morgan fingerprint density at radius 3 is 2.55 bits per heavy atom. The fourth-order valence-corrected chi connectivity index (χ4v) is 4.54. The van der Waals surface area contributed by atoms with E-state index in [9.17, 15) is 9.59 Å². The zero-order valence-corrected chi connectivity index (χ0v) is 18.5. The van der Waals surface area contributed by atoms with Gasteiger partial charge in [0.1, 0.15) is 32.2 Å². The number of hydrogen-bond acceptors (Lipinski definition) is 2. The Hall–Kier alpha value is -2.96. The van der Waals surface area contributed by atoms with Crippen LogP contribution in [0, 0.1) is 13.8 Å². The number of ketones is 1. The first kappa shape index (κ1) is 21.3. The number of fused-ring (bicyclic) bond motifs is 1. The number of rotatable bonds is 6. The Balaban J connectivity index is 1.31. The number of aromatic amines is 1. The third-order valence-electron chi connectivity index (χ3n) is 6.75. The number of aromatic nitrogens is 1. The van der Waals surface area contributed by atoms with E-state index in [1.54, 1.807) is 0 Å². The molecule has 0 spiro atoms. The SMILES string of the molecule is Cc1cccc(NC(=O)C[NH+]2CC[NH+]([C@@H](C)C(=O)c3c[nH]c4ccccc34)CC2)c1C. The fourth-order valence-electron chi connectivity index (χ4n) is 4.54. The number of aryl methyl sites for hydroxylation is 1. The smallest absolute Gasteiger partial charge is 0.279 e. The normalized spacial score (nSPS) is 19.8. The highest BCUT2D eigenvalue weighted by molar-refractivity contribution is 6.09. The largest absolute Gasteiger partial charge is 0.360 e. The number of carbonyl (C=O) groups excluding carboxylic acids is 2. The molecule has 1 aromatic heterocycles. The summed E-state index contributed by atoms with van der Waals surface area (Å²) in [5.41, 5.74) is 4.96. The molecule has 0 bridgehead atoms. The van der Waals surface area contributed by atoms with Crippen molar-refractivity contribution in [2.24, 2.45) is 0 Å². The molecule has 162 valence electrons. The molecule has 1 amide bonds. The van der Waals surface area contributed by atoms with Crippen LogP contribution in [0.25, 0.3) is 10.9 Å². The van der Waals surface area contributed by atoms with Gasteiger partial charge in [0.2, 0.25) is 5.78 Å².